The minimum atomic E-state index is -0.0634. The van der Waals surface area contributed by atoms with Crippen molar-refractivity contribution in [1.29, 1.82) is 0 Å². The van der Waals surface area contributed by atoms with E-state index in [-0.39, 0.29) is 11.9 Å². The van der Waals surface area contributed by atoms with Gasteiger partial charge in [-0.25, -0.2) is 0 Å². The van der Waals surface area contributed by atoms with Crippen LogP contribution in [0.15, 0.2) is 23.8 Å². The van der Waals surface area contributed by atoms with Gasteiger partial charge in [0.2, 0.25) is 0 Å². The number of carbonyl (C=O) groups is 1. The molecular formula is C15H18ClNO2. The summed E-state index contributed by atoms with van der Waals surface area (Å²) < 4.78 is 5.57. The Bertz CT molecular complexity index is 511. The molecule has 0 aliphatic carbocycles. The predicted molar refractivity (Wildman–Crippen MR) is 77.4 cm³/mol. The number of fused-ring (bicyclic) bond motifs is 1. The van der Waals surface area contributed by atoms with Crippen molar-refractivity contribution in [3.8, 4) is 5.75 Å². The first-order valence-electron chi connectivity index (χ1n) is 6.54. The molecule has 1 aliphatic rings. The second-order valence-electron chi connectivity index (χ2n) is 4.80. The van der Waals surface area contributed by atoms with Crippen LogP contribution in [-0.4, -0.2) is 18.6 Å². The van der Waals surface area contributed by atoms with Gasteiger partial charge in [-0.3, -0.25) is 4.79 Å². The molecule has 1 aromatic rings. The molecule has 0 bridgehead atoms. The van der Waals surface area contributed by atoms with Crippen molar-refractivity contribution >= 4 is 23.6 Å². The van der Waals surface area contributed by atoms with Gasteiger partial charge in [-0.05, 0) is 37.6 Å². The highest BCUT2D eigenvalue weighted by atomic mass is 35.5. The summed E-state index contributed by atoms with van der Waals surface area (Å²) in [5.41, 5.74) is 1.49. The fourth-order valence-corrected chi connectivity index (χ4v) is 2.28. The maximum absolute atomic E-state index is 12.1. The van der Waals surface area contributed by atoms with E-state index in [0.29, 0.717) is 17.2 Å². The van der Waals surface area contributed by atoms with Gasteiger partial charge in [0.05, 0.1) is 5.57 Å². The molecule has 0 saturated heterocycles. The first-order chi connectivity index (χ1) is 9.10. The Balaban J connectivity index is 2.12. The quantitative estimate of drug-likeness (QED) is 0.917. The van der Waals surface area contributed by atoms with Gasteiger partial charge in [0.25, 0.3) is 5.91 Å². The van der Waals surface area contributed by atoms with Crippen LogP contribution in [0, 0.1) is 0 Å². The largest absolute Gasteiger partial charge is 0.488 e. The Kier molecular flexibility index (Phi) is 4.48. The van der Waals surface area contributed by atoms with E-state index < -0.39 is 0 Å². The zero-order valence-electron chi connectivity index (χ0n) is 11.2. The second-order valence-corrected chi connectivity index (χ2v) is 5.24. The number of ether oxygens (including phenoxy) is 1. The molecule has 1 atom stereocenters. The summed E-state index contributed by atoms with van der Waals surface area (Å²) in [5, 5.41) is 3.61. The lowest BCUT2D eigenvalue weighted by Crippen LogP contribution is -2.35. The van der Waals surface area contributed by atoms with Crippen molar-refractivity contribution in [1.82, 2.24) is 5.32 Å². The number of rotatable bonds is 4. The molecule has 0 fully saturated rings. The van der Waals surface area contributed by atoms with Crippen LogP contribution in [0.1, 0.15) is 32.3 Å². The van der Waals surface area contributed by atoms with E-state index in [0.717, 1.165) is 24.2 Å². The molecule has 2 rings (SSSR count). The van der Waals surface area contributed by atoms with Gasteiger partial charge in [-0.2, -0.15) is 0 Å². The number of carbonyl (C=O) groups excluding carboxylic acids is 1. The molecule has 3 nitrogen and oxygen atoms in total. The molecule has 1 heterocycles. The monoisotopic (exact) mass is 279 g/mol. The summed E-state index contributed by atoms with van der Waals surface area (Å²) >= 11 is 5.94. The molecule has 1 aromatic carbocycles. The molecule has 102 valence electrons. The average Bonchev–Trinajstić information content (AvgIpc) is 2.38. The van der Waals surface area contributed by atoms with Gasteiger partial charge in [-0.15, -0.1) is 0 Å². The van der Waals surface area contributed by atoms with Crippen molar-refractivity contribution in [3.05, 3.63) is 34.4 Å². The van der Waals surface area contributed by atoms with Gasteiger partial charge in [0.15, 0.2) is 0 Å². The van der Waals surface area contributed by atoms with Crippen LogP contribution in [0.2, 0.25) is 5.02 Å². The summed E-state index contributed by atoms with van der Waals surface area (Å²) in [6.45, 7) is 4.42. The maximum atomic E-state index is 12.1. The standard InChI is InChI=1S/C15H18ClNO2/c1-3-4-10(2)17-15(18)12-7-11-8-13(16)5-6-14(11)19-9-12/h5-8,10H,3-4,9H2,1-2H3,(H,17,18). The summed E-state index contributed by atoms with van der Waals surface area (Å²) in [7, 11) is 0. The molecule has 0 aromatic heterocycles. The minimum absolute atomic E-state index is 0.0634. The zero-order valence-corrected chi connectivity index (χ0v) is 12.0. The van der Waals surface area contributed by atoms with Crippen LogP contribution in [-0.2, 0) is 4.79 Å². The summed E-state index contributed by atoms with van der Waals surface area (Å²) in [6, 6.07) is 5.59. The normalized spacial score (nSPS) is 15.0. The van der Waals surface area contributed by atoms with E-state index in [1.807, 2.05) is 19.1 Å². The lowest BCUT2D eigenvalue weighted by Gasteiger charge is -2.19. The van der Waals surface area contributed by atoms with Crippen LogP contribution in [0.5, 0.6) is 5.75 Å². The zero-order chi connectivity index (χ0) is 13.8. The second kappa shape index (κ2) is 6.11. The maximum Gasteiger partial charge on any atom is 0.250 e. The third-order valence-electron chi connectivity index (χ3n) is 3.08. The van der Waals surface area contributed by atoms with Gasteiger partial charge in [-0.1, -0.05) is 24.9 Å². The van der Waals surface area contributed by atoms with Crippen LogP contribution in [0.3, 0.4) is 0 Å². The molecule has 19 heavy (non-hydrogen) atoms. The first-order valence-corrected chi connectivity index (χ1v) is 6.91. The van der Waals surface area contributed by atoms with Crippen molar-refractivity contribution in [2.45, 2.75) is 32.7 Å². The SMILES string of the molecule is CCCC(C)NC(=O)C1=Cc2cc(Cl)ccc2OC1. The van der Waals surface area contributed by atoms with E-state index in [4.69, 9.17) is 16.3 Å². The number of benzene rings is 1. The van der Waals surface area contributed by atoms with Crippen LogP contribution in [0.4, 0.5) is 0 Å². The van der Waals surface area contributed by atoms with Crippen molar-refractivity contribution in [2.24, 2.45) is 0 Å². The number of halogens is 1. The van der Waals surface area contributed by atoms with Gasteiger partial charge < -0.3 is 10.1 Å². The highest BCUT2D eigenvalue weighted by molar-refractivity contribution is 6.30. The lowest BCUT2D eigenvalue weighted by atomic mass is 10.1. The van der Waals surface area contributed by atoms with Crippen molar-refractivity contribution in [2.75, 3.05) is 6.61 Å². The summed E-state index contributed by atoms with van der Waals surface area (Å²) in [6.07, 6.45) is 3.87. The number of hydrogen-bond acceptors (Lipinski definition) is 2. The first kappa shape index (κ1) is 13.9. The molecule has 1 aliphatic heterocycles. The van der Waals surface area contributed by atoms with E-state index in [1.54, 1.807) is 12.1 Å². The van der Waals surface area contributed by atoms with Gasteiger partial charge >= 0.3 is 0 Å². The van der Waals surface area contributed by atoms with E-state index in [2.05, 4.69) is 12.2 Å². The predicted octanol–water partition coefficient (Wildman–Crippen LogP) is 3.42. The van der Waals surface area contributed by atoms with Crippen LogP contribution < -0.4 is 10.1 Å². The van der Waals surface area contributed by atoms with E-state index >= 15 is 0 Å². The van der Waals surface area contributed by atoms with Crippen molar-refractivity contribution in [3.63, 3.8) is 0 Å². The summed E-state index contributed by atoms with van der Waals surface area (Å²) in [5.74, 6) is 0.703. The highest BCUT2D eigenvalue weighted by Crippen LogP contribution is 2.28. The Hall–Kier alpha value is -1.48. The number of hydrogen-bond donors (Lipinski definition) is 1. The lowest BCUT2D eigenvalue weighted by molar-refractivity contribution is -0.118. The molecule has 4 heteroatoms. The molecule has 1 N–H and O–H groups in total. The minimum Gasteiger partial charge on any atom is -0.488 e. The third kappa shape index (κ3) is 3.51. The number of amides is 1. The fraction of sp³-hybridized carbons (Fsp3) is 0.400. The molecular weight excluding hydrogens is 262 g/mol. The molecule has 1 unspecified atom stereocenters. The number of nitrogens with one attached hydrogen (secondary N) is 1. The molecule has 0 spiro atoms. The van der Waals surface area contributed by atoms with E-state index in [1.165, 1.54) is 0 Å². The van der Waals surface area contributed by atoms with Gasteiger partial charge in [0, 0.05) is 16.6 Å². The van der Waals surface area contributed by atoms with Crippen LogP contribution in [0.25, 0.3) is 6.08 Å². The van der Waals surface area contributed by atoms with Crippen molar-refractivity contribution < 1.29 is 9.53 Å². The molecule has 0 radical (unpaired) electrons. The Morgan fingerprint density at radius 2 is 2.32 bits per heavy atom. The Labute approximate surface area is 118 Å². The molecule has 1 amide bonds. The Morgan fingerprint density at radius 3 is 3.05 bits per heavy atom. The van der Waals surface area contributed by atoms with Gasteiger partial charge in [0.1, 0.15) is 12.4 Å². The fourth-order valence-electron chi connectivity index (χ4n) is 2.10. The Morgan fingerprint density at radius 1 is 1.53 bits per heavy atom. The average molecular weight is 280 g/mol. The van der Waals surface area contributed by atoms with E-state index in [9.17, 15) is 4.79 Å². The van der Waals surface area contributed by atoms with Crippen LogP contribution >= 0.6 is 11.6 Å². The topological polar surface area (TPSA) is 38.3 Å². The third-order valence-corrected chi connectivity index (χ3v) is 3.31. The smallest absolute Gasteiger partial charge is 0.250 e. The highest BCUT2D eigenvalue weighted by Gasteiger charge is 2.18. The summed E-state index contributed by atoms with van der Waals surface area (Å²) in [4.78, 5) is 12.1. The molecule has 0 saturated carbocycles.